The summed E-state index contributed by atoms with van der Waals surface area (Å²) in [5, 5.41) is 2.95. The number of piperazine rings is 1. The van der Waals surface area contributed by atoms with Crippen LogP contribution in [0.5, 0.6) is 5.75 Å². The fourth-order valence-corrected chi connectivity index (χ4v) is 5.92. The van der Waals surface area contributed by atoms with E-state index in [1.54, 1.807) is 6.07 Å². The summed E-state index contributed by atoms with van der Waals surface area (Å²) in [5.41, 5.74) is 3.06. The Hall–Kier alpha value is -2.42. The normalized spacial score (nSPS) is 18.2. The van der Waals surface area contributed by atoms with Crippen LogP contribution < -0.4 is 10.1 Å². The van der Waals surface area contributed by atoms with Gasteiger partial charge in [0.1, 0.15) is 5.75 Å². The van der Waals surface area contributed by atoms with Crippen LogP contribution in [0.3, 0.4) is 0 Å². The monoisotopic (exact) mass is 457 g/mol. The average Bonchev–Trinajstić information content (AvgIpc) is 3.28. The van der Waals surface area contributed by atoms with Crippen LogP contribution >= 0.6 is 0 Å². The Kier molecular flexibility index (Phi) is 6.83. The second-order valence-electron chi connectivity index (χ2n) is 8.32. The lowest BCUT2D eigenvalue weighted by atomic mass is 10.1. The topological polar surface area (TPSA) is 79.0 Å². The van der Waals surface area contributed by atoms with E-state index in [-0.39, 0.29) is 11.9 Å². The minimum atomic E-state index is -3.52. The standard InChI is InChI=1S/C24H31N3O4S/c1-3-31-23-10-5-4-9-22(23)25-24(28)18(2)26-13-15-27(16-14-26)32(29,30)21-12-11-19-7-6-8-20(19)17-21/h4-5,9-12,17-18H,3,6-8,13-16H2,1-2H3,(H,25,28)/t18-/m1/s1. The first-order chi connectivity index (χ1) is 15.4. The van der Waals surface area contributed by atoms with E-state index in [9.17, 15) is 13.2 Å². The molecule has 7 nitrogen and oxygen atoms in total. The molecule has 1 aliphatic heterocycles. The van der Waals surface area contributed by atoms with Crippen molar-refractivity contribution in [2.75, 3.05) is 38.1 Å². The van der Waals surface area contributed by atoms with Gasteiger partial charge in [-0.05, 0) is 68.5 Å². The number of hydrogen-bond donors (Lipinski definition) is 1. The van der Waals surface area contributed by atoms with Crippen LogP contribution in [0.1, 0.15) is 31.4 Å². The van der Waals surface area contributed by atoms with Crippen molar-refractivity contribution in [3.05, 3.63) is 53.6 Å². The van der Waals surface area contributed by atoms with Crippen molar-refractivity contribution in [2.45, 2.75) is 44.0 Å². The third-order valence-electron chi connectivity index (χ3n) is 6.35. The lowest BCUT2D eigenvalue weighted by Gasteiger charge is -2.36. The molecule has 0 unspecified atom stereocenters. The second kappa shape index (κ2) is 9.60. The Bertz CT molecular complexity index is 1080. The molecule has 1 aliphatic carbocycles. The van der Waals surface area contributed by atoms with Crippen molar-refractivity contribution in [1.82, 2.24) is 9.21 Å². The van der Waals surface area contributed by atoms with Crippen LogP contribution in [-0.2, 0) is 27.7 Å². The van der Waals surface area contributed by atoms with Gasteiger partial charge < -0.3 is 10.1 Å². The molecule has 1 amide bonds. The van der Waals surface area contributed by atoms with Gasteiger partial charge in [-0.3, -0.25) is 9.69 Å². The maximum atomic E-state index is 13.2. The molecule has 4 rings (SSSR count). The van der Waals surface area contributed by atoms with Crippen molar-refractivity contribution in [1.29, 1.82) is 0 Å². The number of nitrogens with one attached hydrogen (secondary N) is 1. The summed E-state index contributed by atoms with van der Waals surface area (Å²) in [4.78, 5) is 15.2. The third kappa shape index (κ3) is 4.67. The summed E-state index contributed by atoms with van der Waals surface area (Å²) in [6.07, 6.45) is 3.07. The van der Waals surface area contributed by atoms with Crippen molar-refractivity contribution in [3.63, 3.8) is 0 Å². The highest BCUT2D eigenvalue weighted by molar-refractivity contribution is 7.89. The number of fused-ring (bicyclic) bond motifs is 1. The molecule has 0 saturated carbocycles. The third-order valence-corrected chi connectivity index (χ3v) is 8.25. The first kappa shape index (κ1) is 22.8. The van der Waals surface area contributed by atoms with Gasteiger partial charge in [-0.25, -0.2) is 8.42 Å². The Morgan fingerprint density at radius 2 is 1.78 bits per heavy atom. The molecule has 2 aliphatic rings. The number of aryl methyl sites for hydroxylation is 2. The Morgan fingerprint density at radius 1 is 1.06 bits per heavy atom. The van der Waals surface area contributed by atoms with E-state index >= 15 is 0 Å². The molecule has 0 radical (unpaired) electrons. The molecule has 1 N–H and O–H groups in total. The van der Waals surface area contributed by atoms with E-state index in [2.05, 4.69) is 5.32 Å². The predicted octanol–water partition coefficient (Wildman–Crippen LogP) is 2.91. The zero-order valence-corrected chi connectivity index (χ0v) is 19.5. The van der Waals surface area contributed by atoms with Gasteiger partial charge in [-0.2, -0.15) is 4.31 Å². The Morgan fingerprint density at radius 3 is 2.53 bits per heavy atom. The SMILES string of the molecule is CCOc1ccccc1NC(=O)[C@@H](C)N1CCN(S(=O)(=O)c2ccc3c(c2)CCC3)CC1. The van der Waals surface area contributed by atoms with E-state index in [1.807, 2.05) is 55.1 Å². The Balaban J connectivity index is 1.37. The number of para-hydroxylation sites is 2. The molecule has 32 heavy (non-hydrogen) atoms. The van der Waals surface area contributed by atoms with Gasteiger partial charge in [0.2, 0.25) is 15.9 Å². The second-order valence-corrected chi connectivity index (χ2v) is 10.3. The molecular weight excluding hydrogens is 426 g/mol. The fraction of sp³-hybridized carbons (Fsp3) is 0.458. The number of carbonyl (C=O) groups excluding carboxylic acids is 1. The van der Waals surface area contributed by atoms with E-state index in [1.165, 1.54) is 9.87 Å². The molecule has 2 aromatic rings. The summed E-state index contributed by atoms with van der Waals surface area (Å²) < 4.78 is 33.4. The van der Waals surface area contributed by atoms with Crippen LogP contribution in [0.25, 0.3) is 0 Å². The average molecular weight is 458 g/mol. The van der Waals surface area contributed by atoms with Gasteiger partial charge in [-0.15, -0.1) is 0 Å². The first-order valence-electron chi connectivity index (χ1n) is 11.3. The molecule has 0 spiro atoms. The number of anilines is 1. The summed E-state index contributed by atoms with van der Waals surface area (Å²) in [6, 6.07) is 12.5. The van der Waals surface area contributed by atoms with Crippen LogP contribution in [-0.4, -0.2) is 62.4 Å². The van der Waals surface area contributed by atoms with Crippen LogP contribution in [0.15, 0.2) is 47.4 Å². The smallest absolute Gasteiger partial charge is 0.243 e. The largest absolute Gasteiger partial charge is 0.492 e. The number of nitrogens with zero attached hydrogens (tertiary/aromatic N) is 2. The van der Waals surface area contributed by atoms with Gasteiger partial charge in [0.25, 0.3) is 0 Å². The number of rotatable bonds is 7. The quantitative estimate of drug-likeness (QED) is 0.692. The summed E-state index contributed by atoms with van der Waals surface area (Å²) in [5.74, 6) is 0.507. The van der Waals surface area contributed by atoms with Crippen molar-refractivity contribution >= 4 is 21.6 Å². The maximum absolute atomic E-state index is 13.2. The van der Waals surface area contributed by atoms with E-state index in [0.717, 1.165) is 24.8 Å². The van der Waals surface area contributed by atoms with Crippen molar-refractivity contribution in [2.24, 2.45) is 0 Å². The fourth-order valence-electron chi connectivity index (χ4n) is 4.44. The molecule has 1 saturated heterocycles. The Labute approximate surface area is 190 Å². The van der Waals surface area contributed by atoms with Crippen LogP contribution in [0.4, 0.5) is 5.69 Å². The molecule has 1 fully saturated rings. The molecule has 1 atom stereocenters. The number of carbonyl (C=O) groups is 1. The molecule has 8 heteroatoms. The minimum Gasteiger partial charge on any atom is -0.492 e. The highest BCUT2D eigenvalue weighted by Crippen LogP contribution is 2.27. The number of hydrogen-bond acceptors (Lipinski definition) is 5. The first-order valence-corrected chi connectivity index (χ1v) is 12.7. The van der Waals surface area contributed by atoms with Gasteiger partial charge in [0.05, 0.1) is 23.2 Å². The maximum Gasteiger partial charge on any atom is 0.243 e. The number of benzene rings is 2. The molecular formula is C24H31N3O4S. The van der Waals surface area contributed by atoms with Gasteiger partial charge in [0, 0.05) is 26.2 Å². The van der Waals surface area contributed by atoms with Crippen LogP contribution in [0, 0.1) is 0 Å². The van der Waals surface area contributed by atoms with Gasteiger partial charge in [-0.1, -0.05) is 18.2 Å². The van der Waals surface area contributed by atoms with Crippen molar-refractivity contribution < 1.29 is 17.9 Å². The number of sulfonamides is 1. The lowest BCUT2D eigenvalue weighted by Crippen LogP contribution is -2.53. The summed E-state index contributed by atoms with van der Waals surface area (Å²) in [7, 11) is -3.52. The highest BCUT2D eigenvalue weighted by atomic mass is 32.2. The predicted molar refractivity (Wildman–Crippen MR) is 125 cm³/mol. The summed E-state index contributed by atoms with van der Waals surface area (Å²) >= 11 is 0. The number of amides is 1. The van der Waals surface area contributed by atoms with Gasteiger partial charge >= 0.3 is 0 Å². The van der Waals surface area contributed by atoms with E-state index < -0.39 is 10.0 Å². The zero-order chi connectivity index (χ0) is 22.7. The van der Waals surface area contributed by atoms with Crippen molar-refractivity contribution in [3.8, 4) is 5.75 Å². The molecule has 0 bridgehead atoms. The summed E-state index contributed by atoms with van der Waals surface area (Å²) in [6.45, 7) is 6.01. The molecule has 1 heterocycles. The zero-order valence-electron chi connectivity index (χ0n) is 18.7. The molecule has 0 aromatic heterocycles. The highest BCUT2D eigenvalue weighted by Gasteiger charge is 2.32. The van der Waals surface area contributed by atoms with Crippen LogP contribution in [0.2, 0.25) is 0 Å². The van der Waals surface area contributed by atoms with Gasteiger partial charge in [0.15, 0.2) is 0 Å². The van der Waals surface area contributed by atoms with E-state index in [0.29, 0.717) is 49.1 Å². The number of ether oxygens (including phenoxy) is 1. The molecule has 2 aromatic carbocycles. The molecule has 172 valence electrons. The lowest BCUT2D eigenvalue weighted by molar-refractivity contribution is -0.121. The van der Waals surface area contributed by atoms with E-state index in [4.69, 9.17) is 4.74 Å². The minimum absolute atomic E-state index is 0.132.